The van der Waals surface area contributed by atoms with E-state index in [9.17, 15) is 5.26 Å². The van der Waals surface area contributed by atoms with Crippen LogP contribution in [0, 0.1) is 11.3 Å². The van der Waals surface area contributed by atoms with E-state index in [0.717, 1.165) is 24.6 Å². The average molecular weight is 511 g/mol. The van der Waals surface area contributed by atoms with Crippen molar-refractivity contribution in [2.45, 2.75) is 26.7 Å². The first-order valence-electron chi connectivity index (χ1n) is 9.64. The lowest BCUT2D eigenvalue weighted by atomic mass is 10.1. The van der Waals surface area contributed by atoms with E-state index >= 15 is 0 Å². The number of nitriles is 1. The fourth-order valence-corrected chi connectivity index (χ4v) is 2.71. The second-order valence-electron chi connectivity index (χ2n) is 6.05. The lowest BCUT2D eigenvalue weighted by molar-refractivity contribution is 0.152. The van der Waals surface area contributed by atoms with Gasteiger partial charge in [-0.1, -0.05) is 18.2 Å². The summed E-state index contributed by atoms with van der Waals surface area (Å²) in [5, 5.41) is 20.5. The van der Waals surface area contributed by atoms with Gasteiger partial charge in [0.05, 0.1) is 18.0 Å². The Balaban J connectivity index is 0.00000420. The van der Waals surface area contributed by atoms with E-state index in [-0.39, 0.29) is 24.0 Å². The molecule has 2 rings (SSSR count). The summed E-state index contributed by atoms with van der Waals surface area (Å²) in [5.74, 6) is 1.13. The molecule has 1 aromatic carbocycles. The summed E-state index contributed by atoms with van der Waals surface area (Å²) >= 11 is 0. The molecule has 29 heavy (non-hydrogen) atoms. The quantitative estimate of drug-likeness (QED) is 0.196. The predicted octanol–water partition coefficient (Wildman–Crippen LogP) is 2.47. The molecule has 0 saturated carbocycles. The fraction of sp³-hybridized carbons (Fsp3) is 0.450. The molecule has 0 spiro atoms. The average Bonchev–Trinajstić information content (AvgIpc) is 3.04. The van der Waals surface area contributed by atoms with Crippen LogP contribution in [0.4, 0.5) is 5.82 Å². The smallest absolute Gasteiger partial charge is 0.191 e. The molecule has 0 aliphatic heterocycles. The Morgan fingerprint density at radius 1 is 1.28 bits per heavy atom. The topological polar surface area (TPSA) is 113 Å². The normalized spacial score (nSPS) is 10.9. The molecule has 0 bridgehead atoms. The van der Waals surface area contributed by atoms with Gasteiger partial charge in [-0.15, -0.1) is 24.0 Å². The number of para-hydroxylation sites is 1. The van der Waals surface area contributed by atoms with E-state index in [2.05, 4.69) is 26.8 Å². The number of benzene rings is 1. The monoisotopic (exact) mass is 511 g/mol. The lowest BCUT2D eigenvalue weighted by Crippen LogP contribution is -2.39. The van der Waals surface area contributed by atoms with Crippen molar-refractivity contribution in [2.24, 2.45) is 4.99 Å². The van der Waals surface area contributed by atoms with Crippen molar-refractivity contribution >= 4 is 35.8 Å². The minimum atomic E-state index is 0. The molecule has 0 aliphatic carbocycles. The maximum absolute atomic E-state index is 9.47. The molecule has 0 radical (unpaired) electrons. The van der Waals surface area contributed by atoms with E-state index in [0.29, 0.717) is 49.8 Å². The van der Waals surface area contributed by atoms with Crippen LogP contribution in [0.5, 0.6) is 0 Å². The zero-order chi connectivity index (χ0) is 20.2. The number of hydrogen-bond donors (Lipinski definition) is 3. The minimum Gasteiger partial charge on any atom is -0.382 e. The van der Waals surface area contributed by atoms with E-state index in [4.69, 9.17) is 10.5 Å². The summed E-state index contributed by atoms with van der Waals surface area (Å²) in [4.78, 5) is 4.56. The minimum absolute atomic E-state index is 0. The molecule has 1 aromatic heterocycles. The molecule has 2 aromatic rings. The molecule has 158 valence electrons. The van der Waals surface area contributed by atoms with Gasteiger partial charge in [-0.2, -0.15) is 10.4 Å². The van der Waals surface area contributed by atoms with Gasteiger partial charge in [-0.25, -0.2) is 4.68 Å². The van der Waals surface area contributed by atoms with Crippen molar-refractivity contribution < 1.29 is 4.74 Å². The van der Waals surface area contributed by atoms with Gasteiger partial charge >= 0.3 is 0 Å². The number of aliphatic imine (C=N–C) groups is 1. The Morgan fingerprint density at radius 3 is 2.69 bits per heavy atom. The van der Waals surface area contributed by atoms with Crippen LogP contribution in [-0.2, 0) is 11.2 Å². The summed E-state index contributed by atoms with van der Waals surface area (Å²) in [6, 6.07) is 11.8. The number of aromatic nitrogens is 2. The highest BCUT2D eigenvalue weighted by Gasteiger charge is 2.16. The highest BCUT2D eigenvalue weighted by atomic mass is 127. The van der Waals surface area contributed by atoms with Crippen molar-refractivity contribution in [3.63, 3.8) is 0 Å². The van der Waals surface area contributed by atoms with E-state index < -0.39 is 0 Å². The molecule has 9 heteroatoms. The molecule has 0 fully saturated rings. The molecule has 1 heterocycles. The van der Waals surface area contributed by atoms with Crippen molar-refractivity contribution in [3.8, 4) is 11.8 Å². The second-order valence-corrected chi connectivity index (χ2v) is 6.05. The molecule has 0 unspecified atom stereocenters. The van der Waals surface area contributed by atoms with Crippen molar-refractivity contribution in [1.82, 2.24) is 20.4 Å². The van der Waals surface area contributed by atoms with Gasteiger partial charge in [-0.3, -0.25) is 4.99 Å². The van der Waals surface area contributed by atoms with Gasteiger partial charge in [0.15, 0.2) is 5.96 Å². The Labute approximate surface area is 189 Å². The second kappa shape index (κ2) is 13.8. The first kappa shape index (κ1) is 24.7. The summed E-state index contributed by atoms with van der Waals surface area (Å²) in [5.41, 5.74) is 8.12. The lowest BCUT2D eigenvalue weighted by Gasteiger charge is -2.11. The molecule has 8 nitrogen and oxygen atoms in total. The van der Waals surface area contributed by atoms with Crippen molar-refractivity contribution in [3.05, 3.63) is 41.6 Å². The summed E-state index contributed by atoms with van der Waals surface area (Å²) < 4.78 is 6.94. The third-order valence-electron chi connectivity index (χ3n) is 4.03. The zero-order valence-corrected chi connectivity index (χ0v) is 19.3. The molecule has 0 aliphatic rings. The number of nitrogens with zero attached hydrogens (tertiary/aromatic N) is 4. The van der Waals surface area contributed by atoms with Gasteiger partial charge in [0, 0.05) is 26.2 Å². The Kier molecular flexibility index (Phi) is 11.8. The molecular weight excluding hydrogens is 481 g/mol. The van der Waals surface area contributed by atoms with Gasteiger partial charge < -0.3 is 21.1 Å². The van der Waals surface area contributed by atoms with Crippen LogP contribution in [0.3, 0.4) is 0 Å². The molecule has 0 atom stereocenters. The summed E-state index contributed by atoms with van der Waals surface area (Å²) in [6.07, 6.45) is 1.40. The van der Waals surface area contributed by atoms with Crippen molar-refractivity contribution in [1.29, 1.82) is 5.26 Å². The number of rotatable bonds is 10. The summed E-state index contributed by atoms with van der Waals surface area (Å²) in [7, 11) is 0. The number of nitrogen functional groups attached to an aromatic ring is 1. The number of nitrogens with two attached hydrogens (primary N) is 1. The Bertz CT molecular complexity index is 799. The molecule has 0 saturated heterocycles. The summed E-state index contributed by atoms with van der Waals surface area (Å²) in [6.45, 7) is 7.46. The van der Waals surface area contributed by atoms with Gasteiger partial charge in [0.1, 0.15) is 17.5 Å². The number of aryl methyl sites for hydroxylation is 1. The van der Waals surface area contributed by atoms with Crippen LogP contribution in [0.2, 0.25) is 0 Å². The SMILES string of the molecule is CCNC(=NCCCc1nn(-c2ccccc2)c(N)c1C#N)NCCOCC.I. The first-order chi connectivity index (χ1) is 13.7. The van der Waals surface area contributed by atoms with Gasteiger partial charge in [0.2, 0.25) is 0 Å². The zero-order valence-electron chi connectivity index (χ0n) is 17.0. The maximum Gasteiger partial charge on any atom is 0.191 e. The number of hydrogen-bond acceptors (Lipinski definition) is 5. The van der Waals surface area contributed by atoms with Crippen LogP contribution in [0.25, 0.3) is 5.69 Å². The Hall–Kier alpha value is -2.32. The number of ether oxygens (including phenoxy) is 1. The van der Waals surface area contributed by atoms with Crippen LogP contribution >= 0.6 is 24.0 Å². The number of guanidine groups is 1. The largest absolute Gasteiger partial charge is 0.382 e. The third kappa shape index (κ3) is 7.55. The standard InChI is InChI=1S/C20H29N7O.HI/c1-3-23-20(25-13-14-28-4-2)24-12-8-11-18-17(15-21)19(22)27(26-18)16-9-6-5-7-10-16;/h5-7,9-10H,3-4,8,11-14,22H2,1-2H3,(H2,23,24,25);1H. The molecular formula is C20H30IN7O. The number of nitrogens with one attached hydrogen (secondary N) is 2. The van der Waals surface area contributed by atoms with Gasteiger partial charge in [0.25, 0.3) is 0 Å². The van der Waals surface area contributed by atoms with E-state index in [1.165, 1.54) is 0 Å². The van der Waals surface area contributed by atoms with Crippen LogP contribution in [0.15, 0.2) is 35.3 Å². The van der Waals surface area contributed by atoms with Crippen LogP contribution in [-0.4, -0.2) is 48.6 Å². The van der Waals surface area contributed by atoms with Crippen LogP contribution in [0.1, 0.15) is 31.5 Å². The van der Waals surface area contributed by atoms with E-state index in [1.807, 2.05) is 44.2 Å². The first-order valence-corrected chi connectivity index (χ1v) is 9.64. The maximum atomic E-state index is 9.47. The highest BCUT2D eigenvalue weighted by Crippen LogP contribution is 2.21. The fourth-order valence-electron chi connectivity index (χ4n) is 2.71. The van der Waals surface area contributed by atoms with Crippen LogP contribution < -0.4 is 16.4 Å². The predicted molar refractivity (Wildman–Crippen MR) is 127 cm³/mol. The molecule has 0 amide bonds. The van der Waals surface area contributed by atoms with Crippen molar-refractivity contribution in [2.75, 3.05) is 38.6 Å². The Morgan fingerprint density at radius 2 is 2.03 bits per heavy atom. The van der Waals surface area contributed by atoms with Gasteiger partial charge in [-0.05, 0) is 38.8 Å². The molecule has 4 N–H and O–H groups in total. The van der Waals surface area contributed by atoms with E-state index in [1.54, 1.807) is 4.68 Å². The third-order valence-corrected chi connectivity index (χ3v) is 4.03. The highest BCUT2D eigenvalue weighted by molar-refractivity contribution is 14.0. The number of anilines is 1. The number of halogens is 1.